The molecule has 2 aromatic rings. The second-order valence-corrected chi connectivity index (χ2v) is 4.81. The molecule has 0 heterocycles. The van der Waals surface area contributed by atoms with Gasteiger partial charge in [-0.3, -0.25) is 9.59 Å². The Morgan fingerprint density at radius 2 is 1.88 bits per heavy atom. The van der Waals surface area contributed by atoms with Crippen LogP contribution in [-0.2, 0) is 9.59 Å². The molecule has 0 unspecified atom stereocenters. The maximum atomic E-state index is 11.9. The zero-order valence-electron chi connectivity index (χ0n) is 13.6. The Labute approximate surface area is 144 Å². The standard InChI is InChI=1S/C17H17N3O5/c1-24-13-6-7-15(25-2)14(9-13)19-16(22)17(23)20-18-10-11-4-3-5-12(21)8-11/h3-10,21H,1-2H3,(H,19,22)(H,20,23)/b18-10-. The first-order chi connectivity index (χ1) is 12.0. The molecule has 8 heteroatoms. The molecule has 2 amide bonds. The van der Waals surface area contributed by atoms with Crippen LogP contribution in [0.1, 0.15) is 5.56 Å². The van der Waals surface area contributed by atoms with E-state index in [9.17, 15) is 14.7 Å². The molecule has 0 aliphatic carbocycles. The molecule has 0 spiro atoms. The molecule has 0 radical (unpaired) electrons. The van der Waals surface area contributed by atoms with Gasteiger partial charge in [0.2, 0.25) is 0 Å². The highest BCUT2D eigenvalue weighted by atomic mass is 16.5. The first kappa shape index (κ1) is 17.8. The number of rotatable bonds is 5. The number of phenols is 1. The third kappa shape index (κ3) is 4.96. The molecule has 130 valence electrons. The summed E-state index contributed by atoms with van der Waals surface area (Å²) in [5, 5.41) is 15.4. The maximum absolute atomic E-state index is 11.9. The van der Waals surface area contributed by atoms with Crippen LogP contribution >= 0.6 is 0 Å². The molecule has 2 rings (SSSR count). The van der Waals surface area contributed by atoms with Crippen molar-refractivity contribution in [3.8, 4) is 17.2 Å². The van der Waals surface area contributed by atoms with Gasteiger partial charge in [0.05, 0.1) is 26.1 Å². The van der Waals surface area contributed by atoms with Crippen molar-refractivity contribution in [3.63, 3.8) is 0 Å². The SMILES string of the molecule is COc1ccc(OC)c(NC(=O)C(=O)N/N=C\c2cccc(O)c2)c1. The van der Waals surface area contributed by atoms with Crippen molar-refractivity contribution < 1.29 is 24.2 Å². The van der Waals surface area contributed by atoms with Gasteiger partial charge in [-0.1, -0.05) is 12.1 Å². The lowest BCUT2D eigenvalue weighted by Crippen LogP contribution is -2.32. The average molecular weight is 343 g/mol. The highest BCUT2D eigenvalue weighted by molar-refractivity contribution is 6.39. The number of phenolic OH excluding ortho intramolecular Hbond substituents is 1. The Balaban J connectivity index is 2.00. The molecule has 25 heavy (non-hydrogen) atoms. The number of amides is 2. The number of methoxy groups -OCH3 is 2. The number of aromatic hydroxyl groups is 1. The maximum Gasteiger partial charge on any atom is 0.329 e. The minimum atomic E-state index is -0.957. The Morgan fingerprint density at radius 1 is 1.08 bits per heavy atom. The largest absolute Gasteiger partial charge is 0.508 e. The van der Waals surface area contributed by atoms with Crippen molar-refractivity contribution in [2.24, 2.45) is 5.10 Å². The number of hydrogen-bond donors (Lipinski definition) is 3. The fourth-order valence-electron chi connectivity index (χ4n) is 1.91. The second kappa shape index (κ2) is 8.34. The lowest BCUT2D eigenvalue weighted by atomic mass is 10.2. The number of benzene rings is 2. The van der Waals surface area contributed by atoms with Crippen LogP contribution in [0.5, 0.6) is 17.2 Å². The average Bonchev–Trinajstić information content (AvgIpc) is 2.61. The fraction of sp³-hybridized carbons (Fsp3) is 0.118. The molecule has 3 N–H and O–H groups in total. The van der Waals surface area contributed by atoms with Crippen LogP contribution in [0.4, 0.5) is 5.69 Å². The van der Waals surface area contributed by atoms with E-state index in [2.05, 4.69) is 15.8 Å². The van der Waals surface area contributed by atoms with Crippen molar-refractivity contribution in [2.75, 3.05) is 19.5 Å². The monoisotopic (exact) mass is 343 g/mol. The van der Waals surface area contributed by atoms with E-state index < -0.39 is 11.8 Å². The van der Waals surface area contributed by atoms with Crippen LogP contribution in [0.2, 0.25) is 0 Å². The summed E-state index contributed by atoms with van der Waals surface area (Å²) in [5.74, 6) is -0.928. The third-order valence-corrected chi connectivity index (χ3v) is 3.11. The van der Waals surface area contributed by atoms with Gasteiger partial charge in [-0.25, -0.2) is 5.43 Å². The minimum Gasteiger partial charge on any atom is -0.508 e. The molecule has 2 aromatic carbocycles. The predicted molar refractivity (Wildman–Crippen MR) is 92.0 cm³/mol. The summed E-state index contributed by atoms with van der Waals surface area (Å²) < 4.78 is 10.2. The summed E-state index contributed by atoms with van der Waals surface area (Å²) in [4.78, 5) is 23.7. The predicted octanol–water partition coefficient (Wildman–Crippen LogP) is 1.50. The van der Waals surface area contributed by atoms with Crippen molar-refractivity contribution >= 4 is 23.7 Å². The number of ether oxygens (including phenoxy) is 2. The Morgan fingerprint density at radius 3 is 2.56 bits per heavy atom. The van der Waals surface area contributed by atoms with Gasteiger partial charge in [0.15, 0.2) is 0 Å². The first-order valence-electron chi connectivity index (χ1n) is 7.19. The van der Waals surface area contributed by atoms with Gasteiger partial charge >= 0.3 is 11.8 Å². The molecule has 0 atom stereocenters. The summed E-state index contributed by atoms with van der Waals surface area (Å²) in [6, 6.07) is 11.1. The van der Waals surface area contributed by atoms with E-state index in [1.807, 2.05) is 0 Å². The molecule has 0 fully saturated rings. The Kier molecular flexibility index (Phi) is 5.94. The molecule has 0 saturated carbocycles. The summed E-state index contributed by atoms with van der Waals surface area (Å²) >= 11 is 0. The zero-order chi connectivity index (χ0) is 18.2. The number of hydrazone groups is 1. The first-order valence-corrected chi connectivity index (χ1v) is 7.19. The number of anilines is 1. The summed E-state index contributed by atoms with van der Waals surface area (Å²) in [6.45, 7) is 0. The molecule has 0 aliphatic rings. The van der Waals surface area contributed by atoms with Crippen LogP contribution in [0.15, 0.2) is 47.6 Å². The van der Waals surface area contributed by atoms with Gasteiger partial charge in [0, 0.05) is 6.07 Å². The second-order valence-electron chi connectivity index (χ2n) is 4.81. The summed E-state index contributed by atoms with van der Waals surface area (Å²) in [6.07, 6.45) is 1.30. The molecular formula is C17H17N3O5. The van der Waals surface area contributed by atoms with Gasteiger partial charge in [0.25, 0.3) is 0 Å². The van der Waals surface area contributed by atoms with Crippen LogP contribution in [-0.4, -0.2) is 37.4 Å². The van der Waals surface area contributed by atoms with Gasteiger partial charge < -0.3 is 19.9 Å². The molecule has 8 nitrogen and oxygen atoms in total. The van der Waals surface area contributed by atoms with Crippen LogP contribution < -0.4 is 20.2 Å². The van der Waals surface area contributed by atoms with Gasteiger partial charge in [-0.15, -0.1) is 0 Å². The molecule has 0 bridgehead atoms. The Hall–Kier alpha value is -3.55. The lowest BCUT2D eigenvalue weighted by Gasteiger charge is -2.11. The summed E-state index contributed by atoms with van der Waals surface area (Å²) in [7, 11) is 2.92. The third-order valence-electron chi connectivity index (χ3n) is 3.11. The quantitative estimate of drug-likeness (QED) is 0.433. The fourth-order valence-corrected chi connectivity index (χ4v) is 1.91. The number of carbonyl (C=O) groups excluding carboxylic acids is 2. The number of nitrogens with one attached hydrogen (secondary N) is 2. The van der Waals surface area contributed by atoms with E-state index in [4.69, 9.17) is 9.47 Å². The highest BCUT2D eigenvalue weighted by Gasteiger charge is 2.16. The summed E-state index contributed by atoms with van der Waals surface area (Å²) in [5.41, 5.74) is 2.96. The Bertz CT molecular complexity index is 805. The van der Waals surface area contributed by atoms with Crippen molar-refractivity contribution in [3.05, 3.63) is 48.0 Å². The van der Waals surface area contributed by atoms with Crippen molar-refractivity contribution in [1.82, 2.24) is 5.43 Å². The normalized spacial score (nSPS) is 10.3. The molecule has 0 aromatic heterocycles. The van der Waals surface area contributed by atoms with E-state index in [1.54, 1.807) is 24.3 Å². The lowest BCUT2D eigenvalue weighted by molar-refractivity contribution is -0.136. The number of carbonyl (C=O) groups is 2. The smallest absolute Gasteiger partial charge is 0.329 e. The number of nitrogens with zero attached hydrogens (tertiary/aromatic N) is 1. The van der Waals surface area contributed by atoms with Crippen molar-refractivity contribution in [2.45, 2.75) is 0 Å². The topological polar surface area (TPSA) is 109 Å². The highest BCUT2D eigenvalue weighted by Crippen LogP contribution is 2.28. The number of hydrogen-bond acceptors (Lipinski definition) is 6. The minimum absolute atomic E-state index is 0.0677. The zero-order valence-corrected chi connectivity index (χ0v) is 13.6. The molecule has 0 saturated heterocycles. The van der Waals surface area contributed by atoms with Crippen LogP contribution in [0.25, 0.3) is 0 Å². The van der Waals surface area contributed by atoms with Gasteiger partial charge in [-0.2, -0.15) is 5.10 Å². The van der Waals surface area contributed by atoms with Crippen LogP contribution in [0.3, 0.4) is 0 Å². The van der Waals surface area contributed by atoms with E-state index in [1.165, 1.54) is 38.6 Å². The van der Waals surface area contributed by atoms with Gasteiger partial charge in [-0.05, 0) is 29.8 Å². The van der Waals surface area contributed by atoms with Crippen LogP contribution in [0, 0.1) is 0 Å². The van der Waals surface area contributed by atoms with E-state index >= 15 is 0 Å². The molecule has 0 aliphatic heterocycles. The van der Waals surface area contributed by atoms with Crippen molar-refractivity contribution in [1.29, 1.82) is 0 Å². The van der Waals surface area contributed by atoms with E-state index in [0.29, 0.717) is 22.7 Å². The van der Waals surface area contributed by atoms with E-state index in [0.717, 1.165) is 0 Å². The van der Waals surface area contributed by atoms with E-state index in [-0.39, 0.29) is 5.75 Å². The molecular weight excluding hydrogens is 326 g/mol. The van der Waals surface area contributed by atoms with Gasteiger partial charge in [0.1, 0.15) is 17.2 Å².